The molecule has 0 aromatic heterocycles. The molecule has 2 fully saturated rings. The van der Waals surface area contributed by atoms with Crippen molar-refractivity contribution < 1.29 is 9.59 Å². The number of carbonyl (C=O) groups is 2. The molecule has 1 aliphatic carbocycles. The van der Waals surface area contributed by atoms with E-state index in [0.717, 1.165) is 19.3 Å². The van der Waals surface area contributed by atoms with E-state index in [9.17, 15) is 9.59 Å². The average molecular weight is 224 g/mol. The summed E-state index contributed by atoms with van der Waals surface area (Å²) in [5.74, 6) is 0.709. The van der Waals surface area contributed by atoms with Gasteiger partial charge in [-0.3, -0.25) is 14.5 Å². The molecule has 4 nitrogen and oxygen atoms in total. The molecule has 2 atom stereocenters. The Bertz CT molecular complexity index is 279. The van der Waals surface area contributed by atoms with Gasteiger partial charge in [-0.25, -0.2) is 0 Å². The third-order valence-electron chi connectivity index (χ3n) is 3.99. The molecule has 2 rings (SSSR count). The fourth-order valence-corrected chi connectivity index (χ4v) is 2.98. The molecule has 0 spiro atoms. The molecule has 1 heterocycles. The summed E-state index contributed by atoms with van der Waals surface area (Å²) in [7, 11) is 1.83. The molecule has 2 aliphatic rings. The molecule has 1 saturated heterocycles. The SMILES string of the molecule is CCC1CC2C(=O)N(CCNC)C(=O)C2C1. The summed E-state index contributed by atoms with van der Waals surface area (Å²) < 4.78 is 0. The van der Waals surface area contributed by atoms with E-state index >= 15 is 0 Å². The zero-order chi connectivity index (χ0) is 11.7. The normalized spacial score (nSPS) is 33.6. The molecule has 90 valence electrons. The van der Waals surface area contributed by atoms with Gasteiger partial charge in [0.2, 0.25) is 11.8 Å². The first-order valence-corrected chi connectivity index (χ1v) is 6.18. The molecule has 1 aliphatic heterocycles. The summed E-state index contributed by atoms with van der Waals surface area (Å²) in [4.78, 5) is 25.5. The predicted molar refractivity (Wildman–Crippen MR) is 60.6 cm³/mol. The second-order valence-electron chi connectivity index (χ2n) is 4.89. The van der Waals surface area contributed by atoms with Crippen LogP contribution in [0.5, 0.6) is 0 Å². The number of nitrogens with zero attached hydrogens (tertiary/aromatic N) is 1. The molecular formula is C12H20N2O2. The fraction of sp³-hybridized carbons (Fsp3) is 0.833. The van der Waals surface area contributed by atoms with Gasteiger partial charge in [0.25, 0.3) is 0 Å². The van der Waals surface area contributed by atoms with Crippen LogP contribution in [0.2, 0.25) is 0 Å². The van der Waals surface area contributed by atoms with Crippen LogP contribution in [0.25, 0.3) is 0 Å². The van der Waals surface area contributed by atoms with Crippen molar-refractivity contribution in [2.24, 2.45) is 17.8 Å². The van der Waals surface area contributed by atoms with Gasteiger partial charge in [-0.2, -0.15) is 0 Å². The van der Waals surface area contributed by atoms with E-state index in [4.69, 9.17) is 0 Å². The predicted octanol–water partition coefficient (Wildman–Crippen LogP) is 0.627. The lowest BCUT2D eigenvalue weighted by atomic mass is 10.00. The summed E-state index contributed by atoms with van der Waals surface area (Å²) in [5.41, 5.74) is 0. The molecule has 1 saturated carbocycles. The number of nitrogens with one attached hydrogen (secondary N) is 1. The van der Waals surface area contributed by atoms with E-state index in [1.54, 1.807) is 0 Å². The van der Waals surface area contributed by atoms with Crippen molar-refractivity contribution in [3.05, 3.63) is 0 Å². The molecule has 0 bridgehead atoms. The van der Waals surface area contributed by atoms with Crippen molar-refractivity contribution in [2.75, 3.05) is 20.1 Å². The van der Waals surface area contributed by atoms with Crippen molar-refractivity contribution >= 4 is 11.8 Å². The van der Waals surface area contributed by atoms with Crippen LogP contribution in [-0.4, -0.2) is 36.9 Å². The lowest BCUT2D eigenvalue weighted by Crippen LogP contribution is -2.37. The molecule has 0 aromatic rings. The third-order valence-corrected chi connectivity index (χ3v) is 3.99. The highest BCUT2D eigenvalue weighted by atomic mass is 16.2. The number of hydrogen-bond donors (Lipinski definition) is 1. The number of likely N-dealkylation sites (N-methyl/N-ethyl adjacent to an activating group) is 1. The average Bonchev–Trinajstić information content (AvgIpc) is 2.80. The van der Waals surface area contributed by atoms with E-state index in [2.05, 4.69) is 12.2 Å². The lowest BCUT2D eigenvalue weighted by molar-refractivity contribution is -0.140. The van der Waals surface area contributed by atoms with Crippen LogP contribution in [0.1, 0.15) is 26.2 Å². The summed E-state index contributed by atoms with van der Waals surface area (Å²) in [5, 5.41) is 2.98. The molecule has 2 unspecified atom stereocenters. The van der Waals surface area contributed by atoms with E-state index in [0.29, 0.717) is 19.0 Å². The molecule has 2 amide bonds. The van der Waals surface area contributed by atoms with Crippen LogP contribution in [0.4, 0.5) is 0 Å². The highest BCUT2D eigenvalue weighted by molar-refractivity contribution is 6.05. The van der Waals surface area contributed by atoms with Crippen LogP contribution >= 0.6 is 0 Å². The summed E-state index contributed by atoms with van der Waals surface area (Å²) in [6, 6.07) is 0. The first-order valence-electron chi connectivity index (χ1n) is 6.18. The lowest BCUT2D eigenvalue weighted by Gasteiger charge is -2.16. The quantitative estimate of drug-likeness (QED) is 0.712. The van der Waals surface area contributed by atoms with Gasteiger partial charge in [0, 0.05) is 13.1 Å². The maximum absolute atomic E-state index is 12.0. The Morgan fingerprint density at radius 1 is 1.25 bits per heavy atom. The van der Waals surface area contributed by atoms with Gasteiger partial charge >= 0.3 is 0 Å². The van der Waals surface area contributed by atoms with Gasteiger partial charge in [0.15, 0.2) is 0 Å². The minimum absolute atomic E-state index is 0.00527. The number of imide groups is 1. The van der Waals surface area contributed by atoms with E-state index in [1.165, 1.54) is 4.90 Å². The Balaban J connectivity index is 2.04. The highest BCUT2D eigenvalue weighted by Gasteiger charge is 2.51. The maximum atomic E-state index is 12.0. The van der Waals surface area contributed by atoms with E-state index in [1.807, 2.05) is 7.05 Å². The third kappa shape index (κ3) is 1.75. The van der Waals surface area contributed by atoms with Crippen molar-refractivity contribution in [2.45, 2.75) is 26.2 Å². The van der Waals surface area contributed by atoms with Crippen molar-refractivity contribution in [1.82, 2.24) is 10.2 Å². The Hall–Kier alpha value is -0.900. The molecule has 16 heavy (non-hydrogen) atoms. The maximum Gasteiger partial charge on any atom is 0.233 e. The Morgan fingerprint density at radius 3 is 2.25 bits per heavy atom. The van der Waals surface area contributed by atoms with Gasteiger partial charge in [-0.1, -0.05) is 13.3 Å². The van der Waals surface area contributed by atoms with Crippen LogP contribution in [0.15, 0.2) is 0 Å². The van der Waals surface area contributed by atoms with Crippen LogP contribution in [0.3, 0.4) is 0 Å². The number of amides is 2. The molecule has 1 N–H and O–H groups in total. The Morgan fingerprint density at radius 2 is 1.81 bits per heavy atom. The largest absolute Gasteiger partial charge is 0.318 e. The topological polar surface area (TPSA) is 49.4 Å². The Kier molecular flexibility index (Phi) is 3.28. The first-order chi connectivity index (χ1) is 7.69. The molecular weight excluding hydrogens is 204 g/mol. The van der Waals surface area contributed by atoms with Gasteiger partial charge in [0.1, 0.15) is 0 Å². The number of rotatable bonds is 4. The van der Waals surface area contributed by atoms with E-state index in [-0.39, 0.29) is 23.7 Å². The van der Waals surface area contributed by atoms with Crippen LogP contribution < -0.4 is 5.32 Å². The minimum Gasteiger partial charge on any atom is -0.318 e. The summed E-state index contributed by atoms with van der Waals surface area (Å²) in [6.07, 6.45) is 2.92. The second kappa shape index (κ2) is 4.53. The highest BCUT2D eigenvalue weighted by Crippen LogP contribution is 2.43. The zero-order valence-electron chi connectivity index (χ0n) is 10.0. The van der Waals surface area contributed by atoms with Gasteiger partial charge in [-0.15, -0.1) is 0 Å². The number of hydrogen-bond acceptors (Lipinski definition) is 3. The van der Waals surface area contributed by atoms with Gasteiger partial charge < -0.3 is 5.32 Å². The minimum atomic E-state index is -0.00527. The number of carbonyl (C=O) groups excluding carboxylic acids is 2. The smallest absolute Gasteiger partial charge is 0.233 e. The van der Waals surface area contributed by atoms with Crippen LogP contribution in [-0.2, 0) is 9.59 Å². The molecule has 0 aromatic carbocycles. The van der Waals surface area contributed by atoms with E-state index < -0.39 is 0 Å². The number of fused-ring (bicyclic) bond motifs is 1. The van der Waals surface area contributed by atoms with Gasteiger partial charge in [-0.05, 0) is 25.8 Å². The zero-order valence-corrected chi connectivity index (χ0v) is 10.0. The monoisotopic (exact) mass is 224 g/mol. The molecule has 4 heteroatoms. The Labute approximate surface area is 96.4 Å². The first kappa shape index (κ1) is 11.6. The van der Waals surface area contributed by atoms with Gasteiger partial charge in [0.05, 0.1) is 11.8 Å². The van der Waals surface area contributed by atoms with Crippen LogP contribution in [0, 0.1) is 17.8 Å². The summed E-state index contributed by atoms with van der Waals surface area (Å²) >= 11 is 0. The van der Waals surface area contributed by atoms with Crippen molar-refractivity contribution in [3.63, 3.8) is 0 Å². The standard InChI is InChI=1S/C12H20N2O2/c1-3-8-6-9-10(7-8)12(16)14(11(9)15)5-4-13-2/h8-10,13H,3-7H2,1-2H3. The fourth-order valence-electron chi connectivity index (χ4n) is 2.98. The second-order valence-corrected chi connectivity index (χ2v) is 4.89. The van der Waals surface area contributed by atoms with Crippen molar-refractivity contribution in [1.29, 1.82) is 0 Å². The van der Waals surface area contributed by atoms with Crippen molar-refractivity contribution in [3.8, 4) is 0 Å². The molecule has 0 radical (unpaired) electrons. The summed E-state index contributed by atoms with van der Waals surface area (Å²) in [6.45, 7) is 3.35. The number of likely N-dealkylation sites (tertiary alicyclic amines) is 1.